The largest absolute Gasteiger partial charge is 0.796 e. The normalized spacial score (nSPS) is 12.5. The van der Waals surface area contributed by atoms with E-state index in [2.05, 4.69) is 4.65 Å². The van der Waals surface area contributed by atoms with Crippen molar-refractivity contribution in [1.82, 2.24) is 0 Å². The summed E-state index contributed by atoms with van der Waals surface area (Å²) < 4.78 is 28.5. The molecule has 0 N–H and O–H groups in total. The Morgan fingerprint density at radius 1 is 1.38 bits per heavy atom. The number of hydrogen-bond acceptors (Lipinski definition) is 2. The fourth-order valence-corrected chi connectivity index (χ4v) is 0.993. The van der Waals surface area contributed by atoms with Crippen LogP contribution < -0.4 is 0 Å². The Bertz CT molecular complexity index is 257. The molecule has 0 aliphatic carbocycles. The average molecular weight is 232 g/mol. The number of allylic oxidation sites excluding steroid dienone is 2. The molecule has 0 saturated carbocycles. The Morgan fingerprint density at radius 3 is 2.31 bits per heavy atom. The third kappa shape index (κ3) is 6.59. The highest BCUT2D eigenvalue weighted by Gasteiger charge is 2.23. The Morgan fingerprint density at radius 2 is 1.94 bits per heavy atom. The molecule has 0 amide bonds. The minimum absolute atomic E-state index is 0.0803. The summed E-state index contributed by atoms with van der Waals surface area (Å²) in [6.07, 6.45) is 3.17. The van der Waals surface area contributed by atoms with Crippen molar-refractivity contribution in [3.63, 3.8) is 0 Å². The Kier molecular flexibility index (Phi) is 6.30. The molecular formula is C11H19BF2O2. The van der Waals surface area contributed by atoms with Gasteiger partial charge in [-0.15, -0.1) is 0 Å². The fraction of sp³-hybridized carbons (Fsp3) is 0.727. The molecule has 5 heteroatoms. The lowest BCUT2D eigenvalue weighted by Gasteiger charge is -2.15. The van der Waals surface area contributed by atoms with Crippen LogP contribution in [0, 0.1) is 5.41 Å². The van der Waals surface area contributed by atoms with Crippen molar-refractivity contribution in [3.05, 3.63) is 11.8 Å². The molecule has 0 saturated heterocycles. The van der Waals surface area contributed by atoms with Gasteiger partial charge in [-0.05, 0) is 6.42 Å². The van der Waals surface area contributed by atoms with Gasteiger partial charge < -0.3 is 4.65 Å². The van der Waals surface area contributed by atoms with Crippen LogP contribution in [0.1, 0.15) is 47.0 Å². The molecule has 0 aliphatic heterocycles. The summed E-state index contributed by atoms with van der Waals surface area (Å²) in [4.78, 5) is 11.6. The lowest BCUT2D eigenvalue weighted by molar-refractivity contribution is -0.121. The van der Waals surface area contributed by atoms with Crippen molar-refractivity contribution in [2.75, 3.05) is 0 Å². The molecule has 16 heavy (non-hydrogen) atoms. The SMILES string of the molecule is CCCC/C(=C/C(=O)C(C)(C)C)OB(F)F. The second-order valence-corrected chi connectivity index (χ2v) is 4.71. The molecule has 0 unspecified atom stereocenters. The van der Waals surface area contributed by atoms with Gasteiger partial charge in [0.25, 0.3) is 0 Å². The summed E-state index contributed by atoms with van der Waals surface area (Å²) in [7, 11) is -2.86. The number of unbranched alkanes of at least 4 members (excludes halogenated alkanes) is 1. The highest BCUT2D eigenvalue weighted by atomic mass is 19.2. The summed E-state index contributed by atoms with van der Waals surface area (Å²) in [5.74, 6) is -0.115. The summed E-state index contributed by atoms with van der Waals surface area (Å²) in [6, 6.07) is 0. The Balaban J connectivity index is 4.60. The summed E-state index contributed by atoms with van der Waals surface area (Å²) in [6.45, 7) is 7.18. The zero-order valence-electron chi connectivity index (χ0n) is 10.3. The number of carbonyl (C=O) groups excluding carboxylic acids is 1. The van der Waals surface area contributed by atoms with Gasteiger partial charge >= 0.3 is 7.47 Å². The maximum Gasteiger partial charge on any atom is 0.796 e. The third-order valence-corrected chi connectivity index (χ3v) is 2.05. The van der Waals surface area contributed by atoms with E-state index in [0.29, 0.717) is 6.42 Å². The van der Waals surface area contributed by atoms with Gasteiger partial charge in [0, 0.05) is 17.9 Å². The van der Waals surface area contributed by atoms with E-state index in [-0.39, 0.29) is 11.5 Å². The molecule has 0 aromatic rings. The van der Waals surface area contributed by atoms with E-state index in [1.54, 1.807) is 20.8 Å². The Hall–Kier alpha value is -0.865. The first kappa shape index (κ1) is 15.1. The molecule has 0 fully saturated rings. The maximum absolute atomic E-state index is 12.1. The number of rotatable bonds is 6. The number of halogens is 2. The monoisotopic (exact) mass is 232 g/mol. The first-order valence-corrected chi connectivity index (χ1v) is 5.47. The minimum Gasteiger partial charge on any atom is -0.509 e. The van der Waals surface area contributed by atoms with Gasteiger partial charge in [-0.25, -0.2) is 8.63 Å². The smallest absolute Gasteiger partial charge is 0.509 e. The second kappa shape index (κ2) is 6.66. The highest BCUT2D eigenvalue weighted by Crippen LogP contribution is 2.19. The van der Waals surface area contributed by atoms with Crippen LogP contribution >= 0.6 is 0 Å². The van der Waals surface area contributed by atoms with Crippen LogP contribution in [0.25, 0.3) is 0 Å². The molecule has 0 bridgehead atoms. The predicted octanol–water partition coefficient (Wildman–Crippen LogP) is 3.62. The van der Waals surface area contributed by atoms with Crippen molar-refractivity contribution in [3.8, 4) is 0 Å². The molecule has 92 valence electrons. The summed E-state index contributed by atoms with van der Waals surface area (Å²) >= 11 is 0. The third-order valence-electron chi connectivity index (χ3n) is 2.05. The van der Waals surface area contributed by atoms with Gasteiger partial charge in [-0.2, -0.15) is 0 Å². The van der Waals surface area contributed by atoms with Crippen LogP contribution in [0.4, 0.5) is 8.63 Å². The summed E-state index contributed by atoms with van der Waals surface area (Å²) in [5.41, 5.74) is -0.567. The van der Waals surface area contributed by atoms with E-state index in [1.165, 1.54) is 6.08 Å². The van der Waals surface area contributed by atoms with Crippen molar-refractivity contribution < 1.29 is 18.1 Å². The Labute approximate surface area is 96.3 Å². The molecule has 0 rings (SSSR count). The molecule has 0 heterocycles. The van der Waals surface area contributed by atoms with Crippen LogP contribution in [0.5, 0.6) is 0 Å². The van der Waals surface area contributed by atoms with Crippen molar-refractivity contribution in [2.45, 2.75) is 47.0 Å². The first-order chi connectivity index (χ1) is 7.27. The highest BCUT2D eigenvalue weighted by molar-refractivity contribution is 6.34. The molecule has 0 spiro atoms. The zero-order chi connectivity index (χ0) is 12.8. The van der Waals surface area contributed by atoms with Gasteiger partial charge in [-0.1, -0.05) is 34.1 Å². The van der Waals surface area contributed by atoms with Crippen LogP contribution in [-0.4, -0.2) is 13.3 Å². The van der Waals surface area contributed by atoms with Crippen molar-refractivity contribution in [2.24, 2.45) is 5.41 Å². The minimum atomic E-state index is -2.86. The first-order valence-electron chi connectivity index (χ1n) is 5.47. The molecule has 0 aromatic carbocycles. The van der Waals surface area contributed by atoms with Crippen LogP contribution in [0.3, 0.4) is 0 Å². The zero-order valence-corrected chi connectivity index (χ0v) is 10.3. The van der Waals surface area contributed by atoms with E-state index in [0.717, 1.165) is 12.8 Å². The van der Waals surface area contributed by atoms with Gasteiger partial charge in [0.1, 0.15) is 0 Å². The topological polar surface area (TPSA) is 26.3 Å². The average Bonchev–Trinajstić information content (AvgIpc) is 2.11. The second-order valence-electron chi connectivity index (χ2n) is 4.71. The van der Waals surface area contributed by atoms with Crippen LogP contribution in [-0.2, 0) is 9.45 Å². The van der Waals surface area contributed by atoms with E-state index in [1.807, 2.05) is 6.92 Å². The van der Waals surface area contributed by atoms with Gasteiger partial charge in [0.15, 0.2) is 5.78 Å². The molecule has 2 nitrogen and oxygen atoms in total. The molecule has 0 aliphatic rings. The van der Waals surface area contributed by atoms with E-state index in [9.17, 15) is 13.4 Å². The predicted molar refractivity (Wildman–Crippen MR) is 61.1 cm³/mol. The van der Waals surface area contributed by atoms with Gasteiger partial charge in [-0.3, -0.25) is 4.79 Å². The van der Waals surface area contributed by atoms with E-state index in [4.69, 9.17) is 0 Å². The molecular weight excluding hydrogens is 213 g/mol. The van der Waals surface area contributed by atoms with E-state index >= 15 is 0 Å². The standard InChI is InChI=1S/C11H19BF2O2/c1-5-6-7-9(16-12(13)14)8-10(15)11(2,3)4/h8H,5-7H2,1-4H3/b9-8-. The number of carbonyl (C=O) groups is 1. The lowest BCUT2D eigenvalue weighted by atomic mass is 9.90. The molecule has 0 radical (unpaired) electrons. The van der Waals surface area contributed by atoms with Gasteiger partial charge in [0.2, 0.25) is 0 Å². The quantitative estimate of drug-likeness (QED) is 0.397. The fourth-order valence-electron chi connectivity index (χ4n) is 0.993. The van der Waals surface area contributed by atoms with Crippen molar-refractivity contribution >= 4 is 13.3 Å². The number of hydrogen-bond donors (Lipinski definition) is 0. The maximum atomic E-state index is 12.1. The van der Waals surface area contributed by atoms with Crippen LogP contribution in [0.2, 0.25) is 0 Å². The van der Waals surface area contributed by atoms with E-state index < -0.39 is 12.9 Å². The lowest BCUT2D eigenvalue weighted by Crippen LogP contribution is -2.19. The van der Waals surface area contributed by atoms with Crippen molar-refractivity contribution in [1.29, 1.82) is 0 Å². The number of ketones is 1. The molecule has 0 aromatic heterocycles. The summed E-state index contributed by atoms with van der Waals surface area (Å²) in [5, 5.41) is 0. The van der Waals surface area contributed by atoms with Crippen LogP contribution in [0.15, 0.2) is 11.8 Å². The molecule has 0 atom stereocenters. The van der Waals surface area contributed by atoms with Gasteiger partial charge in [0.05, 0.1) is 5.76 Å².